The van der Waals surface area contributed by atoms with E-state index in [9.17, 15) is 4.39 Å². The van der Waals surface area contributed by atoms with Gasteiger partial charge in [0.15, 0.2) is 24.5 Å². The fourth-order valence-electron chi connectivity index (χ4n) is 2.58. The van der Waals surface area contributed by atoms with Crippen molar-refractivity contribution < 1.29 is 13.4 Å². The lowest BCUT2D eigenvalue weighted by molar-refractivity contribution is -0.688. The number of rotatable bonds is 3. The van der Waals surface area contributed by atoms with Crippen LogP contribution in [0.1, 0.15) is 5.56 Å². The molecule has 0 atom stereocenters. The molecule has 0 amide bonds. The first-order valence-electron chi connectivity index (χ1n) is 7.58. The molecule has 0 fully saturated rings. The summed E-state index contributed by atoms with van der Waals surface area (Å²) < 4.78 is 20.8. The second-order valence-electron chi connectivity index (χ2n) is 5.63. The van der Waals surface area contributed by atoms with E-state index in [1.54, 1.807) is 24.3 Å². The van der Waals surface area contributed by atoms with Crippen molar-refractivity contribution in [3.63, 3.8) is 0 Å². The lowest BCUT2D eigenvalue weighted by Crippen LogP contribution is -2.33. The molecular weight excluding hydrogens is 362 g/mol. The maximum absolute atomic E-state index is 13.1. The van der Waals surface area contributed by atoms with Gasteiger partial charge in [0.05, 0.1) is 5.02 Å². The minimum absolute atomic E-state index is 0.342. The van der Waals surface area contributed by atoms with E-state index in [-0.39, 0.29) is 5.82 Å². The van der Waals surface area contributed by atoms with E-state index in [1.165, 1.54) is 12.1 Å². The van der Waals surface area contributed by atoms with E-state index >= 15 is 0 Å². The summed E-state index contributed by atoms with van der Waals surface area (Å²) in [5.41, 5.74) is 3.11. The van der Waals surface area contributed by atoms with Crippen LogP contribution < -0.4 is 4.57 Å². The van der Waals surface area contributed by atoms with E-state index in [4.69, 9.17) is 27.6 Å². The summed E-state index contributed by atoms with van der Waals surface area (Å²) in [6.45, 7) is 0.544. The van der Waals surface area contributed by atoms with E-state index in [0.717, 1.165) is 16.6 Å². The van der Waals surface area contributed by atoms with Gasteiger partial charge in [-0.3, -0.25) is 0 Å². The molecule has 25 heavy (non-hydrogen) atoms. The van der Waals surface area contributed by atoms with Gasteiger partial charge in [0, 0.05) is 28.3 Å². The van der Waals surface area contributed by atoms with Gasteiger partial charge >= 0.3 is 0 Å². The molecule has 0 bridgehead atoms. The molecule has 4 rings (SSSR count). The summed E-state index contributed by atoms with van der Waals surface area (Å²) in [7, 11) is 0. The highest BCUT2D eigenvalue weighted by Crippen LogP contribution is 2.25. The Bertz CT molecular complexity index is 1060. The quantitative estimate of drug-likeness (QED) is 0.457. The van der Waals surface area contributed by atoms with Crippen LogP contribution in [0.3, 0.4) is 0 Å². The van der Waals surface area contributed by atoms with Gasteiger partial charge < -0.3 is 4.42 Å². The van der Waals surface area contributed by atoms with E-state index in [1.807, 2.05) is 29.1 Å². The molecular formula is C19H12Cl2FN2O+. The number of fused-ring (bicyclic) bond motifs is 1. The van der Waals surface area contributed by atoms with Crippen LogP contribution in [0.15, 0.2) is 65.3 Å². The van der Waals surface area contributed by atoms with Gasteiger partial charge in [-0.05, 0) is 36.4 Å². The minimum atomic E-state index is -0.342. The molecule has 6 heteroatoms. The maximum Gasteiger partial charge on any atom is 0.227 e. The molecule has 0 unspecified atom stereocenters. The first-order chi connectivity index (χ1) is 12.1. The van der Waals surface area contributed by atoms with Crippen LogP contribution in [-0.4, -0.2) is 4.98 Å². The second-order valence-corrected chi connectivity index (χ2v) is 6.47. The SMILES string of the molecule is Fc1ccc(C[n+]2ccc(-c3nc4cc(Cl)ccc4o3)cc2)c(Cl)c1. The average molecular weight is 374 g/mol. The molecule has 0 saturated carbocycles. The Hall–Kier alpha value is -2.43. The summed E-state index contributed by atoms with van der Waals surface area (Å²) in [4.78, 5) is 4.46. The smallest absolute Gasteiger partial charge is 0.227 e. The first-order valence-corrected chi connectivity index (χ1v) is 8.33. The highest BCUT2D eigenvalue weighted by Gasteiger charge is 2.12. The topological polar surface area (TPSA) is 29.9 Å². The molecule has 0 saturated heterocycles. The zero-order valence-corrected chi connectivity index (χ0v) is 14.4. The number of hydrogen-bond donors (Lipinski definition) is 0. The lowest BCUT2D eigenvalue weighted by Gasteiger charge is -2.01. The van der Waals surface area contributed by atoms with Gasteiger partial charge in [0.1, 0.15) is 11.3 Å². The number of oxazole rings is 1. The third-order valence-corrected chi connectivity index (χ3v) is 4.44. The van der Waals surface area contributed by atoms with Gasteiger partial charge in [-0.15, -0.1) is 0 Å². The van der Waals surface area contributed by atoms with E-state index in [2.05, 4.69) is 4.98 Å². The number of benzene rings is 2. The second kappa shape index (κ2) is 6.47. The molecule has 0 N–H and O–H groups in total. The van der Waals surface area contributed by atoms with Crippen molar-refractivity contribution in [2.24, 2.45) is 0 Å². The molecule has 0 aliphatic carbocycles. The Labute approximate surface area is 153 Å². The van der Waals surface area contributed by atoms with E-state index in [0.29, 0.717) is 28.1 Å². The van der Waals surface area contributed by atoms with Crippen molar-refractivity contribution >= 4 is 34.3 Å². The largest absolute Gasteiger partial charge is 0.436 e. The predicted molar refractivity (Wildman–Crippen MR) is 95.2 cm³/mol. The highest BCUT2D eigenvalue weighted by atomic mass is 35.5. The Morgan fingerprint density at radius 1 is 1.00 bits per heavy atom. The Morgan fingerprint density at radius 2 is 1.80 bits per heavy atom. The van der Waals surface area contributed by atoms with Gasteiger partial charge in [-0.1, -0.05) is 23.2 Å². The van der Waals surface area contributed by atoms with Crippen LogP contribution in [0.2, 0.25) is 10.0 Å². The number of hydrogen-bond acceptors (Lipinski definition) is 2. The van der Waals surface area contributed by atoms with Crippen molar-refractivity contribution in [3.8, 4) is 11.5 Å². The third kappa shape index (κ3) is 3.36. The van der Waals surface area contributed by atoms with Gasteiger partial charge in [-0.25, -0.2) is 13.9 Å². The average Bonchev–Trinajstić information content (AvgIpc) is 3.01. The van der Waals surface area contributed by atoms with Crippen LogP contribution in [0.5, 0.6) is 0 Å². The fourth-order valence-corrected chi connectivity index (χ4v) is 2.97. The van der Waals surface area contributed by atoms with Crippen molar-refractivity contribution in [2.45, 2.75) is 6.54 Å². The minimum Gasteiger partial charge on any atom is -0.436 e. The lowest BCUT2D eigenvalue weighted by atomic mass is 10.2. The van der Waals surface area contributed by atoms with Crippen LogP contribution in [-0.2, 0) is 6.54 Å². The van der Waals surface area contributed by atoms with E-state index < -0.39 is 0 Å². The molecule has 3 nitrogen and oxygen atoms in total. The summed E-state index contributed by atoms with van der Waals surface area (Å²) in [6.07, 6.45) is 3.80. The number of halogens is 3. The summed E-state index contributed by atoms with van der Waals surface area (Å²) in [5.74, 6) is 0.189. The molecule has 2 heterocycles. The monoisotopic (exact) mass is 373 g/mol. The molecule has 0 aliphatic rings. The van der Waals surface area contributed by atoms with Crippen molar-refractivity contribution in [3.05, 3.63) is 82.4 Å². The van der Waals surface area contributed by atoms with Crippen molar-refractivity contribution in [1.82, 2.24) is 4.98 Å². The number of pyridine rings is 1. The molecule has 124 valence electrons. The summed E-state index contributed by atoms with van der Waals surface area (Å²) in [6, 6.07) is 13.5. The Morgan fingerprint density at radius 3 is 2.56 bits per heavy atom. The number of aromatic nitrogens is 2. The molecule has 2 aromatic carbocycles. The van der Waals surface area contributed by atoms with Crippen LogP contribution in [0.4, 0.5) is 4.39 Å². The van der Waals surface area contributed by atoms with Crippen LogP contribution in [0, 0.1) is 5.82 Å². The van der Waals surface area contributed by atoms with Gasteiger partial charge in [0.2, 0.25) is 5.89 Å². The van der Waals surface area contributed by atoms with Gasteiger partial charge in [-0.2, -0.15) is 0 Å². The van der Waals surface area contributed by atoms with Crippen LogP contribution in [0.25, 0.3) is 22.6 Å². The highest BCUT2D eigenvalue weighted by molar-refractivity contribution is 6.31. The molecule has 4 aromatic rings. The molecule has 2 aromatic heterocycles. The fraction of sp³-hybridized carbons (Fsp3) is 0.0526. The zero-order valence-electron chi connectivity index (χ0n) is 12.9. The van der Waals surface area contributed by atoms with Crippen molar-refractivity contribution in [1.29, 1.82) is 0 Å². The summed E-state index contributed by atoms with van der Waals surface area (Å²) >= 11 is 12.1. The normalized spacial score (nSPS) is 11.2. The third-order valence-electron chi connectivity index (χ3n) is 3.86. The van der Waals surface area contributed by atoms with Crippen molar-refractivity contribution in [2.75, 3.05) is 0 Å². The molecule has 0 aliphatic heterocycles. The standard InChI is InChI=1S/C19H12Cl2FN2O/c20-14-2-4-18-17(9-14)23-19(25-18)12-5-7-24(8-6-12)11-13-1-3-15(22)10-16(13)21/h1-10H,11H2/q+1. The Balaban J connectivity index is 1.60. The molecule has 0 spiro atoms. The first kappa shape index (κ1) is 16.1. The summed E-state index contributed by atoms with van der Waals surface area (Å²) in [5, 5.41) is 1.03. The maximum atomic E-state index is 13.1. The van der Waals surface area contributed by atoms with Crippen LogP contribution >= 0.6 is 23.2 Å². The zero-order chi connectivity index (χ0) is 17.4. The molecule has 0 radical (unpaired) electrons. The number of nitrogens with zero attached hydrogens (tertiary/aromatic N) is 2. The van der Waals surface area contributed by atoms with Gasteiger partial charge in [0.25, 0.3) is 0 Å². The Kier molecular flexibility index (Phi) is 4.15. The predicted octanol–water partition coefficient (Wildman–Crippen LogP) is 5.28.